The minimum atomic E-state index is -0.272. The van der Waals surface area contributed by atoms with Gasteiger partial charge in [-0.15, -0.1) is 11.3 Å². The molecular weight excluding hydrogens is 475 g/mol. The molecule has 3 rings (SSSR count). The molecule has 1 heterocycles. The maximum Gasteiger partial charge on any atom is 0.256 e. The standard InChI is InChI=1S/C26H28Cl2N2O2S/c1-4-19(3)30(26(32)22-11-10-21(27)14-23(22)28)17-25(31)29(15-20-8-6-5-7-9-20)16-24-18(2)12-13-33-24/h5-14,19H,4,15-17H2,1-3H3. The molecule has 174 valence electrons. The Morgan fingerprint density at radius 2 is 1.76 bits per heavy atom. The van der Waals surface area contributed by atoms with Crippen molar-refractivity contribution in [1.82, 2.24) is 9.80 Å². The number of rotatable bonds is 9. The Kier molecular flexibility index (Phi) is 8.95. The molecule has 0 bridgehead atoms. The van der Waals surface area contributed by atoms with Gasteiger partial charge in [-0.1, -0.05) is 60.5 Å². The molecular formula is C26H28Cl2N2O2S. The van der Waals surface area contributed by atoms with E-state index in [4.69, 9.17) is 23.2 Å². The number of nitrogens with zero attached hydrogens (tertiary/aromatic N) is 2. The number of thiophene rings is 1. The van der Waals surface area contributed by atoms with Gasteiger partial charge in [-0.3, -0.25) is 9.59 Å². The maximum absolute atomic E-state index is 13.6. The van der Waals surface area contributed by atoms with Crippen molar-refractivity contribution < 1.29 is 9.59 Å². The second kappa shape index (κ2) is 11.7. The van der Waals surface area contributed by atoms with Crippen molar-refractivity contribution in [2.24, 2.45) is 0 Å². The first kappa shape index (κ1) is 25.3. The highest BCUT2D eigenvalue weighted by Crippen LogP contribution is 2.24. The number of amides is 2. The van der Waals surface area contributed by atoms with E-state index in [0.717, 1.165) is 16.0 Å². The fourth-order valence-electron chi connectivity index (χ4n) is 3.49. The summed E-state index contributed by atoms with van der Waals surface area (Å²) in [4.78, 5) is 31.5. The predicted octanol–water partition coefficient (Wildman–Crippen LogP) is 6.83. The Balaban J connectivity index is 1.87. The average molecular weight is 503 g/mol. The molecule has 33 heavy (non-hydrogen) atoms. The highest BCUT2D eigenvalue weighted by molar-refractivity contribution is 7.10. The third-order valence-corrected chi connectivity index (χ3v) is 7.28. The Bertz CT molecular complexity index is 1100. The molecule has 0 N–H and O–H groups in total. The molecule has 2 aromatic carbocycles. The predicted molar refractivity (Wildman–Crippen MR) is 137 cm³/mol. The number of halogens is 2. The molecule has 2 amide bonds. The van der Waals surface area contributed by atoms with E-state index in [1.165, 1.54) is 0 Å². The molecule has 1 atom stereocenters. The molecule has 1 aromatic heterocycles. The van der Waals surface area contributed by atoms with Crippen LogP contribution in [0.15, 0.2) is 60.0 Å². The van der Waals surface area contributed by atoms with Gasteiger partial charge in [0, 0.05) is 22.5 Å². The van der Waals surface area contributed by atoms with Gasteiger partial charge in [0.25, 0.3) is 5.91 Å². The van der Waals surface area contributed by atoms with Gasteiger partial charge in [0.2, 0.25) is 5.91 Å². The van der Waals surface area contributed by atoms with Crippen molar-refractivity contribution in [3.63, 3.8) is 0 Å². The summed E-state index contributed by atoms with van der Waals surface area (Å²) >= 11 is 14.0. The Hall–Kier alpha value is -2.34. The van der Waals surface area contributed by atoms with Crippen LogP contribution in [0.5, 0.6) is 0 Å². The van der Waals surface area contributed by atoms with Gasteiger partial charge in [-0.25, -0.2) is 0 Å². The lowest BCUT2D eigenvalue weighted by molar-refractivity contribution is -0.133. The van der Waals surface area contributed by atoms with Gasteiger partial charge in [-0.05, 0) is 61.0 Å². The van der Waals surface area contributed by atoms with Crippen LogP contribution in [0.4, 0.5) is 0 Å². The van der Waals surface area contributed by atoms with Crippen LogP contribution in [0, 0.1) is 6.92 Å². The first-order valence-electron chi connectivity index (χ1n) is 10.9. The average Bonchev–Trinajstić information content (AvgIpc) is 3.21. The van der Waals surface area contributed by atoms with Crippen molar-refractivity contribution in [3.05, 3.63) is 91.6 Å². The van der Waals surface area contributed by atoms with E-state index in [0.29, 0.717) is 30.1 Å². The van der Waals surface area contributed by atoms with Crippen LogP contribution in [-0.4, -0.2) is 34.2 Å². The van der Waals surface area contributed by atoms with E-state index in [-0.39, 0.29) is 29.4 Å². The first-order valence-corrected chi connectivity index (χ1v) is 12.5. The number of hydrogen-bond acceptors (Lipinski definition) is 3. The molecule has 0 fully saturated rings. The lowest BCUT2D eigenvalue weighted by Crippen LogP contribution is -2.46. The third-order valence-electron chi connectivity index (χ3n) is 5.72. The Morgan fingerprint density at radius 1 is 1.03 bits per heavy atom. The van der Waals surface area contributed by atoms with Crippen LogP contribution in [0.25, 0.3) is 0 Å². The highest BCUT2D eigenvalue weighted by atomic mass is 35.5. The monoisotopic (exact) mass is 502 g/mol. The summed E-state index contributed by atoms with van der Waals surface area (Å²) in [7, 11) is 0. The van der Waals surface area contributed by atoms with Crippen LogP contribution in [0.1, 0.15) is 46.6 Å². The van der Waals surface area contributed by atoms with E-state index >= 15 is 0 Å². The van der Waals surface area contributed by atoms with Crippen LogP contribution in [-0.2, 0) is 17.9 Å². The van der Waals surface area contributed by atoms with E-state index in [2.05, 4.69) is 13.0 Å². The first-order chi connectivity index (χ1) is 15.8. The van der Waals surface area contributed by atoms with Crippen molar-refractivity contribution in [2.75, 3.05) is 6.54 Å². The molecule has 3 aromatic rings. The van der Waals surface area contributed by atoms with Crippen molar-refractivity contribution in [3.8, 4) is 0 Å². The van der Waals surface area contributed by atoms with Crippen LogP contribution < -0.4 is 0 Å². The number of aryl methyl sites for hydroxylation is 1. The van der Waals surface area contributed by atoms with E-state index in [1.807, 2.05) is 54.5 Å². The fourth-order valence-corrected chi connectivity index (χ4v) is 4.90. The van der Waals surface area contributed by atoms with E-state index < -0.39 is 0 Å². The van der Waals surface area contributed by atoms with Crippen molar-refractivity contribution >= 4 is 46.4 Å². The Morgan fingerprint density at radius 3 is 2.36 bits per heavy atom. The summed E-state index contributed by atoms with van der Waals surface area (Å²) in [5.41, 5.74) is 2.55. The molecule has 0 aliphatic heterocycles. The van der Waals surface area contributed by atoms with Gasteiger partial charge in [-0.2, -0.15) is 0 Å². The van der Waals surface area contributed by atoms with E-state index in [1.54, 1.807) is 34.4 Å². The summed E-state index contributed by atoms with van der Waals surface area (Å²) in [5.74, 6) is -0.378. The summed E-state index contributed by atoms with van der Waals surface area (Å²) < 4.78 is 0. The number of hydrogen-bond donors (Lipinski definition) is 0. The summed E-state index contributed by atoms with van der Waals surface area (Å²) in [6.45, 7) is 6.94. The molecule has 4 nitrogen and oxygen atoms in total. The minimum absolute atomic E-state index is 0.0238. The molecule has 0 aliphatic rings. The number of carbonyl (C=O) groups excluding carboxylic acids is 2. The molecule has 1 unspecified atom stereocenters. The maximum atomic E-state index is 13.6. The SMILES string of the molecule is CCC(C)N(CC(=O)N(Cc1ccccc1)Cc1sccc1C)C(=O)c1ccc(Cl)cc1Cl. The third kappa shape index (κ3) is 6.59. The second-order valence-electron chi connectivity index (χ2n) is 8.08. The van der Waals surface area contributed by atoms with Crippen LogP contribution in [0.3, 0.4) is 0 Å². The minimum Gasteiger partial charge on any atom is -0.332 e. The van der Waals surface area contributed by atoms with Gasteiger partial charge in [0.05, 0.1) is 17.1 Å². The number of benzene rings is 2. The fraction of sp³-hybridized carbons (Fsp3) is 0.308. The summed E-state index contributed by atoms with van der Waals surface area (Å²) in [5, 5.41) is 2.78. The van der Waals surface area contributed by atoms with Gasteiger partial charge >= 0.3 is 0 Å². The van der Waals surface area contributed by atoms with Gasteiger partial charge in [0.15, 0.2) is 0 Å². The molecule has 0 saturated heterocycles. The van der Waals surface area contributed by atoms with Crippen molar-refractivity contribution in [2.45, 2.75) is 46.3 Å². The molecule has 0 aliphatic carbocycles. The molecule has 0 spiro atoms. The molecule has 7 heteroatoms. The Labute approximate surface area is 209 Å². The highest BCUT2D eigenvalue weighted by Gasteiger charge is 2.27. The van der Waals surface area contributed by atoms with Gasteiger partial charge < -0.3 is 9.80 Å². The van der Waals surface area contributed by atoms with Gasteiger partial charge in [0.1, 0.15) is 6.54 Å². The van der Waals surface area contributed by atoms with Crippen molar-refractivity contribution in [1.29, 1.82) is 0 Å². The lowest BCUT2D eigenvalue weighted by Gasteiger charge is -2.31. The lowest BCUT2D eigenvalue weighted by atomic mass is 10.1. The number of carbonyl (C=O) groups is 2. The van der Waals surface area contributed by atoms with Crippen LogP contribution >= 0.6 is 34.5 Å². The quantitative estimate of drug-likeness (QED) is 0.321. The summed E-state index contributed by atoms with van der Waals surface area (Å²) in [6, 6.07) is 16.6. The zero-order chi connectivity index (χ0) is 24.0. The molecule has 0 radical (unpaired) electrons. The topological polar surface area (TPSA) is 40.6 Å². The smallest absolute Gasteiger partial charge is 0.256 e. The van der Waals surface area contributed by atoms with Crippen LogP contribution in [0.2, 0.25) is 10.0 Å². The molecule has 0 saturated carbocycles. The normalized spacial score (nSPS) is 11.8. The van der Waals surface area contributed by atoms with E-state index in [9.17, 15) is 9.59 Å². The zero-order valence-electron chi connectivity index (χ0n) is 19.1. The summed E-state index contributed by atoms with van der Waals surface area (Å²) in [6.07, 6.45) is 0.715. The second-order valence-corrected chi connectivity index (χ2v) is 9.92. The largest absolute Gasteiger partial charge is 0.332 e. The zero-order valence-corrected chi connectivity index (χ0v) is 21.4.